The van der Waals surface area contributed by atoms with Crippen molar-refractivity contribution in [2.75, 3.05) is 22.9 Å². The van der Waals surface area contributed by atoms with Gasteiger partial charge in [-0.05, 0) is 42.3 Å². The van der Waals surface area contributed by atoms with E-state index in [1.165, 1.54) is 0 Å². The molecule has 0 fully saturated rings. The Balaban J connectivity index is 1.74. The molecule has 0 saturated heterocycles. The third-order valence-electron chi connectivity index (χ3n) is 3.85. The number of benzene rings is 1. The van der Waals surface area contributed by atoms with Gasteiger partial charge in [0, 0.05) is 29.0 Å². The number of hydrogen-bond acceptors (Lipinski definition) is 6. The van der Waals surface area contributed by atoms with Gasteiger partial charge in [0.1, 0.15) is 5.82 Å². The molecule has 1 aliphatic rings. The molecule has 1 aromatic carbocycles. The Morgan fingerprint density at radius 2 is 2.04 bits per heavy atom. The van der Waals surface area contributed by atoms with Crippen LogP contribution in [0.15, 0.2) is 42.7 Å². The first-order chi connectivity index (χ1) is 11.7. The number of nitrogens with two attached hydrogens (primary N) is 1. The van der Waals surface area contributed by atoms with E-state index in [0.717, 1.165) is 41.2 Å². The van der Waals surface area contributed by atoms with E-state index in [4.69, 9.17) is 22.3 Å². The molecule has 0 radical (unpaired) electrons. The minimum Gasteiger partial charge on any atom is -0.384 e. The van der Waals surface area contributed by atoms with Crippen molar-refractivity contribution in [3.8, 4) is 11.3 Å². The first-order valence-corrected chi connectivity index (χ1v) is 7.95. The lowest BCUT2D eigenvalue weighted by Crippen LogP contribution is -2.03. The van der Waals surface area contributed by atoms with E-state index in [0.29, 0.717) is 16.8 Å². The molecule has 0 atom stereocenters. The largest absolute Gasteiger partial charge is 0.384 e. The van der Waals surface area contributed by atoms with Crippen LogP contribution in [-0.4, -0.2) is 21.5 Å². The average Bonchev–Trinajstić information content (AvgIpc) is 2.75. The number of nitrogens with zero attached hydrogens (tertiary/aromatic N) is 3. The highest BCUT2D eigenvalue weighted by atomic mass is 35.5. The molecule has 2 aromatic heterocycles. The Labute approximate surface area is 144 Å². The Morgan fingerprint density at radius 1 is 1.12 bits per heavy atom. The van der Waals surface area contributed by atoms with Crippen LogP contribution in [-0.2, 0) is 6.42 Å². The second-order valence-corrected chi connectivity index (χ2v) is 5.97. The van der Waals surface area contributed by atoms with Crippen molar-refractivity contribution in [3.05, 3.63) is 53.3 Å². The fourth-order valence-corrected chi connectivity index (χ4v) is 2.86. The number of pyridine rings is 1. The normalized spacial score (nSPS) is 12.5. The topological polar surface area (TPSA) is 88.8 Å². The quantitative estimate of drug-likeness (QED) is 0.663. The SMILES string of the molecule is Nc1ccc(Nc2ncc3c(n2)-c2ccc(Cl)cc2NCC3)cn1. The standard InChI is InChI=1S/C17H15ClN6/c18-11-1-3-13-14(7-11)20-6-5-10-8-22-17(24-16(10)13)23-12-2-4-15(19)21-9-12/h1-4,7-9,20H,5-6H2,(H2,19,21)(H,22,23,24). The van der Waals surface area contributed by atoms with Gasteiger partial charge in [-0.2, -0.15) is 0 Å². The second kappa shape index (κ2) is 5.98. The second-order valence-electron chi connectivity index (χ2n) is 5.53. The number of fused-ring (bicyclic) bond motifs is 3. The molecular formula is C17H15ClN6. The lowest BCUT2D eigenvalue weighted by molar-refractivity contribution is 1.00. The van der Waals surface area contributed by atoms with Gasteiger partial charge in [-0.25, -0.2) is 15.0 Å². The summed E-state index contributed by atoms with van der Waals surface area (Å²) in [5.41, 5.74) is 10.4. The Kier molecular flexibility index (Phi) is 3.66. The Hall–Kier alpha value is -2.86. The van der Waals surface area contributed by atoms with Gasteiger partial charge in [0.05, 0.1) is 17.6 Å². The lowest BCUT2D eigenvalue weighted by atomic mass is 10.1. The Bertz CT molecular complexity index is 894. The fourth-order valence-electron chi connectivity index (χ4n) is 2.69. The molecule has 24 heavy (non-hydrogen) atoms. The molecule has 0 unspecified atom stereocenters. The number of halogens is 1. The van der Waals surface area contributed by atoms with Crippen LogP contribution >= 0.6 is 11.6 Å². The van der Waals surface area contributed by atoms with Gasteiger partial charge in [0.25, 0.3) is 0 Å². The zero-order valence-electron chi connectivity index (χ0n) is 12.8. The average molecular weight is 339 g/mol. The van der Waals surface area contributed by atoms with Crippen LogP contribution in [0.1, 0.15) is 5.56 Å². The van der Waals surface area contributed by atoms with Crippen LogP contribution in [0.25, 0.3) is 11.3 Å². The molecule has 0 bridgehead atoms. The van der Waals surface area contributed by atoms with Crippen LogP contribution < -0.4 is 16.4 Å². The van der Waals surface area contributed by atoms with Gasteiger partial charge in [-0.3, -0.25) is 0 Å². The van der Waals surface area contributed by atoms with E-state index in [1.807, 2.05) is 30.5 Å². The maximum Gasteiger partial charge on any atom is 0.227 e. The van der Waals surface area contributed by atoms with Crippen LogP contribution in [0.4, 0.5) is 23.1 Å². The van der Waals surface area contributed by atoms with Crippen molar-refractivity contribution in [1.29, 1.82) is 0 Å². The van der Waals surface area contributed by atoms with Gasteiger partial charge in [-0.1, -0.05) is 11.6 Å². The first kappa shape index (κ1) is 14.7. The van der Waals surface area contributed by atoms with Crippen LogP contribution in [0, 0.1) is 0 Å². The highest BCUT2D eigenvalue weighted by Crippen LogP contribution is 2.34. The number of rotatable bonds is 2. The van der Waals surface area contributed by atoms with Crippen LogP contribution in [0.2, 0.25) is 5.02 Å². The Morgan fingerprint density at radius 3 is 2.88 bits per heavy atom. The third kappa shape index (κ3) is 2.83. The molecule has 3 aromatic rings. The van der Waals surface area contributed by atoms with Gasteiger partial charge < -0.3 is 16.4 Å². The molecule has 0 amide bonds. The van der Waals surface area contributed by atoms with Crippen molar-refractivity contribution in [2.24, 2.45) is 0 Å². The van der Waals surface area contributed by atoms with E-state index in [1.54, 1.807) is 12.3 Å². The van der Waals surface area contributed by atoms with Crippen LogP contribution in [0.3, 0.4) is 0 Å². The van der Waals surface area contributed by atoms with E-state index in [-0.39, 0.29) is 0 Å². The smallest absolute Gasteiger partial charge is 0.227 e. The highest BCUT2D eigenvalue weighted by Gasteiger charge is 2.17. The predicted octanol–water partition coefficient (Wildman–Crippen LogP) is 3.49. The van der Waals surface area contributed by atoms with Crippen molar-refractivity contribution >= 4 is 34.7 Å². The van der Waals surface area contributed by atoms with Crippen molar-refractivity contribution in [1.82, 2.24) is 15.0 Å². The number of hydrogen-bond donors (Lipinski definition) is 3. The minimum atomic E-state index is 0.472. The number of nitrogen functional groups attached to an aromatic ring is 1. The maximum absolute atomic E-state index is 6.11. The van der Waals surface area contributed by atoms with Gasteiger partial charge in [0.15, 0.2) is 0 Å². The zero-order chi connectivity index (χ0) is 16.5. The van der Waals surface area contributed by atoms with Crippen LogP contribution in [0.5, 0.6) is 0 Å². The van der Waals surface area contributed by atoms with Crippen molar-refractivity contribution in [2.45, 2.75) is 6.42 Å². The molecule has 0 aliphatic carbocycles. The molecule has 1 aliphatic heterocycles. The van der Waals surface area contributed by atoms with E-state index in [2.05, 4.69) is 20.6 Å². The molecule has 0 saturated carbocycles. The summed E-state index contributed by atoms with van der Waals surface area (Å²) in [6, 6.07) is 9.34. The summed E-state index contributed by atoms with van der Waals surface area (Å²) < 4.78 is 0. The molecular weight excluding hydrogens is 324 g/mol. The number of anilines is 4. The van der Waals surface area contributed by atoms with Gasteiger partial charge in [0.2, 0.25) is 5.95 Å². The van der Waals surface area contributed by atoms with E-state index >= 15 is 0 Å². The molecule has 0 spiro atoms. The molecule has 120 valence electrons. The summed E-state index contributed by atoms with van der Waals surface area (Å²) in [7, 11) is 0. The lowest BCUT2D eigenvalue weighted by Gasteiger charge is -2.11. The monoisotopic (exact) mass is 338 g/mol. The zero-order valence-corrected chi connectivity index (χ0v) is 13.5. The summed E-state index contributed by atoms with van der Waals surface area (Å²) in [6.45, 7) is 0.818. The molecule has 3 heterocycles. The van der Waals surface area contributed by atoms with Gasteiger partial charge >= 0.3 is 0 Å². The molecule has 4 rings (SSSR count). The third-order valence-corrected chi connectivity index (χ3v) is 4.09. The van der Waals surface area contributed by atoms with Crippen molar-refractivity contribution < 1.29 is 0 Å². The molecule has 6 nitrogen and oxygen atoms in total. The minimum absolute atomic E-state index is 0.472. The predicted molar refractivity (Wildman–Crippen MR) is 96.6 cm³/mol. The highest BCUT2D eigenvalue weighted by molar-refractivity contribution is 6.31. The first-order valence-electron chi connectivity index (χ1n) is 7.57. The summed E-state index contributed by atoms with van der Waals surface area (Å²) in [6.07, 6.45) is 4.37. The molecule has 4 N–H and O–H groups in total. The van der Waals surface area contributed by atoms with E-state index < -0.39 is 0 Å². The fraction of sp³-hybridized carbons (Fsp3) is 0.118. The molecule has 7 heteroatoms. The summed E-state index contributed by atoms with van der Waals surface area (Å²) in [5.74, 6) is 0.989. The van der Waals surface area contributed by atoms with Crippen molar-refractivity contribution in [3.63, 3.8) is 0 Å². The van der Waals surface area contributed by atoms with Gasteiger partial charge in [-0.15, -0.1) is 0 Å². The summed E-state index contributed by atoms with van der Waals surface area (Å²) >= 11 is 6.11. The maximum atomic E-state index is 6.11. The van der Waals surface area contributed by atoms with E-state index in [9.17, 15) is 0 Å². The summed E-state index contributed by atoms with van der Waals surface area (Å²) in [5, 5.41) is 7.25. The summed E-state index contributed by atoms with van der Waals surface area (Å²) in [4.78, 5) is 13.2. The number of nitrogens with one attached hydrogen (secondary N) is 2. The number of aromatic nitrogens is 3.